The first-order valence-corrected chi connectivity index (χ1v) is 3.66. The van der Waals surface area contributed by atoms with Crippen LogP contribution in [-0.4, -0.2) is 17.7 Å². The number of rotatable bonds is 0. The Morgan fingerprint density at radius 1 is 1.22 bits per heavy atom. The molecule has 0 aromatic carbocycles. The molecule has 0 aromatic rings. The van der Waals surface area contributed by atoms with E-state index in [4.69, 9.17) is 4.55 Å². The molecule has 0 spiro atoms. The van der Waals surface area contributed by atoms with E-state index < -0.39 is 14.9 Å². The van der Waals surface area contributed by atoms with E-state index in [1.54, 1.807) is 0 Å². The molecule has 5 heteroatoms. The van der Waals surface area contributed by atoms with Gasteiger partial charge in [0.1, 0.15) is 0 Å². The molecule has 0 saturated heterocycles. The van der Waals surface area contributed by atoms with Crippen molar-refractivity contribution in [1.82, 2.24) is 6.15 Å². The van der Waals surface area contributed by atoms with E-state index in [2.05, 4.69) is 0 Å². The SMILES string of the molecule is CC(C)(C)S(=O)(=O)O.N. The third-order valence-corrected chi connectivity index (χ3v) is 2.32. The third-order valence-electron chi connectivity index (χ3n) is 0.774. The van der Waals surface area contributed by atoms with Gasteiger partial charge in [0.25, 0.3) is 10.1 Å². The van der Waals surface area contributed by atoms with Crippen LogP contribution in [0.25, 0.3) is 0 Å². The monoisotopic (exact) mass is 155 g/mol. The van der Waals surface area contributed by atoms with E-state index in [1.165, 1.54) is 20.8 Å². The zero-order valence-corrected chi connectivity index (χ0v) is 6.70. The highest BCUT2D eigenvalue weighted by molar-refractivity contribution is 7.87. The summed E-state index contributed by atoms with van der Waals surface area (Å²) in [6.07, 6.45) is 0. The van der Waals surface area contributed by atoms with Gasteiger partial charge < -0.3 is 6.15 Å². The van der Waals surface area contributed by atoms with Crippen molar-refractivity contribution in [2.24, 2.45) is 0 Å². The topological polar surface area (TPSA) is 89.4 Å². The van der Waals surface area contributed by atoms with Gasteiger partial charge in [-0.1, -0.05) is 0 Å². The molecule has 4 N–H and O–H groups in total. The van der Waals surface area contributed by atoms with Crippen LogP contribution in [0.4, 0.5) is 0 Å². The molecule has 0 atom stereocenters. The summed E-state index contributed by atoms with van der Waals surface area (Å²) >= 11 is 0. The maximum absolute atomic E-state index is 10.2. The van der Waals surface area contributed by atoms with Gasteiger partial charge in [-0.25, -0.2) is 0 Å². The molecule has 0 fully saturated rings. The lowest BCUT2D eigenvalue weighted by atomic mass is 10.3. The van der Waals surface area contributed by atoms with Gasteiger partial charge in [0.15, 0.2) is 0 Å². The van der Waals surface area contributed by atoms with E-state index in [9.17, 15) is 8.42 Å². The third kappa shape index (κ3) is 3.45. The summed E-state index contributed by atoms with van der Waals surface area (Å²) in [4.78, 5) is 0. The highest BCUT2D eigenvalue weighted by Crippen LogP contribution is 2.11. The number of hydrogen-bond donors (Lipinski definition) is 2. The molecule has 0 aromatic heterocycles. The van der Waals surface area contributed by atoms with Gasteiger partial charge in [-0.15, -0.1) is 0 Å². The number of hydrogen-bond acceptors (Lipinski definition) is 3. The first-order valence-electron chi connectivity index (χ1n) is 2.22. The fourth-order valence-electron chi connectivity index (χ4n) is 0. The van der Waals surface area contributed by atoms with Gasteiger partial charge in [0.05, 0.1) is 4.75 Å². The highest BCUT2D eigenvalue weighted by Gasteiger charge is 2.25. The minimum Gasteiger partial charge on any atom is -0.344 e. The van der Waals surface area contributed by atoms with Gasteiger partial charge in [-0.05, 0) is 20.8 Å². The smallest absolute Gasteiger partial charge is 0.269 e. The molecule has 0 saturated carbocycles. The van der Waals surface area contributed by atoms with Gasteiger partial charge in [0.2, 0.25) is 0 Å². The van der Waals surface area contributed by atoms with Crippen molar-refractivity contribution in [3.05, 3.63) is 0 Å². The van der Waals surface area contributed by atoms with Gasteiger partial charge >= 0.3 is 0 Å². The van der Waals surface area contributed by atoms with E-state index in [0.717, 1.165) is 0 Å². The van der Waals surface area contributed by atoms with Crippen LogP contribution >= 0.6 is 0 Å². The van der Waals surface area contributed by atoms with Crippen LogP contribution in [0.1, 0.15) is 20.8 Å². The standard InChI is InChI=1S/C4H10O3S.H3N/c1-4(2,3)8(5,6)7;/h1-3H3,(H,5,6,7);1H3. The lowest BCUT2D eigenvalue weighted by molar-refractivity contribution is 0.450. The second-order valence-electron chi connectivity index (χ2n) is 2.59. The first kappa shape index (κ1) is 11.6. The normalized spacial score (nSPS) is 12.4. The molecule has 0 unspecified atom stereocenters. The minimum absolute atomic E-state index is 0. The molecule has 9 heavy (non-hydrogen) atoms. The Morgan fingerprint density at radius 3 is 1.33 bits per heavy atom. The molecule has 0 aliphatic rings. The van der Waals surface area contributed by atoms with E-state index in [1.807, 2.05) is 0 Å². The Morgan fingerprint density at radius 2 is 1.33 bits per heavy atom. The van der Waals surface area contributed by atoms with Crippen LogP contribution in [-0.2, 0) is 10.1 Å². The molecule has 0 bridgehead atoms. The van der Waals surface area contributed by atoms with E-state index >= 15 is 0 Å². The molecule has 0 amide bonds. The predicted molar refractivity (Wildman–Crippen MR) is 36.3 cm³/mol. The maximum Gasteiger partial charge on any atom is 0.269 e. The zero-order chi connectivity index (χ0) is 7.00. The summed E-state index contributed by atoms with van der Waals surface area (Å²) in [6.45, 7) is 4.30. The Balaban J connectivity index is 0. The van der Waals surface area contributed by atoms with Gasteiger partial charge in [-0.2, -0.15) is 8.42 Å². The van der Waals surface area contributed by atoms with Crippen LogP contribution in [0, 0.1) is 0 Å². The first-order chi connectivity index (χ1) is 3.25. The second kappa shape index (κ2) is 2.64. The molecule has 0 aliphatic heterocycles. The minimum atomic E-state index is -3.84. The van der Waals surface area contributed by atoms with Crippen molar-refractivity contribution in [2.75, 3.05) is 0 Å². The van der Waals surface area contributed by atoms with Crippen LogP contribution < -0.4 is 6.15 Å². The summed E-state index contributed by atoms with van der Waals surface area (Å²) in [5.41, 5.74) is 0. The fourth-order valence-corrected chi connectivity index (χ4v) is 0. The van der Waals surface area contributed by atoms with Gasteiger partial charge in [0, 0.05) is 0 Å². The molecule has 0 rings (SSSR count). The molecule has 0 aliphatic carbocycles. The summed E-state index contributed by atoms with van der Waals surface area (Å²) in [7, 11) is -3.84. The largest absolute Gasteiger partial charge is 0.344 e. The van der Waals surface area contributed by atoms with Crippen molar-refractivity contribution in [1.29, 1.82) is 0 Å². The van der Waals surface area contributed by atoms with Crippen LogP contribution in [0.2, 0.25) is 0 Å². The van der Waals surface area contributed by atoms with Crippen LogP contribution in [0.15, 0.2) is 0 Å². The summed E-state index contributed by atoms with van der Waals surface area (Å²) in [5.74, 6) is 0. The average molecular weight is 155 g/mol. The van der Waals surface area contributed by atoms with Crippen molar-refractivity contribution in [3.8, 4) is 0 Å². The fraction of sp³-hybridized carbons (Fsp3) is 1.00. The molecule has 0 radical (unpaired) electrons. The molecule has 0 heterocycles. The Hall–Kier alpha value is -0.130. The van der Waals surface area contributed by atoms with Crippen molar-refractivity contribution in [2.45, 2.75) is 25.5 Å². The predicted octanol–water partition coefficient (Wildman–Crippen LogP) is 0.835. The summed E-state index contributed by atoms with van der Waals surface area (Å²) in [5, 5.41) is 0. The molecule has 4 nitrogen and oxygen atoms in total. The van der Waals surface area contributed by atoms with Gasteiger partial charge in [-0.3, -0.25) is 4.55 Å². The molecular formula is C4H13NO3S. The van der Waals surface area contributed by atoms with E-state index in [0.29, 0.717) is 0 Å². The van der Waals surface area contributed by atoms with Crippen LogP contribution in [0.3, 0.4) is 0 Å². The van der Waals surface area contributed by atoms with Crippen molar-refractivity contribution >= 4 is 10.1 Å². The molecule has 58 valence electrons. The zero-order valence-electron chi connectivity index (χ0n) is 5.88. The highest BCUT2D eigenvalue weighted by atomic mass is 32.2. The Bertz CT molecular complexity index is 165. The van der Waals surface area contributed by atoms with Crippen molar-refractivity contribution < 1.29 is 13.0 Å². The summed E-state index contributed by atoms with van der Waals surface area (Å²) in [6, 6.07) is 0. The van der Waals surface area contributed by atoms with Crippen LogP contribution in [0.5, 0.6) is 0 Å². The summed E-state index contributed by atoms with van der Waals surface area (Å²) < 4.78 is 27.7. The average Bonchev–Trinajstić information content (AvgIpc) is 1.25. The molecular weight excluding hydrogens is 142 g/mol. The lowest BCUT2D eigenvalue weighted by Crippen LogP contribution is -2.26. The quantitative estimate of drug-likeness (QED) is 0.507. The second-order valence-corrected chi connectivity index (χ2v) is 4.76. The Labute approximate surface area is 55.6 Å². The van der Waals surface area contributed by atoms with Crippen molar-refractivity contribution in [3.63, 3.8) is 0 Å². The van der Waals surface area contributed by atoms with E-state index in [-0.39, 0.29) is 6.15 Å². The maximum atomic E-state index is 10.2. The Kier molecular flexibility index (Phi) is 3.41. The lowest BCUT2D eigenvalue weighted by Gasteiger charge is -2.12.